The van der Waals surface area contributed by atoms with Gasteiger partial charge in [-0.3, -0.25) is 14.5 Å². The molecule has 0 N–H and O–H groups in total. The summed E-state index contributed by atoms with van der Waals surface area (Å²) in [6.07, 6.45) is 2.98. The quantitative estimate of drug-likeness (QED) is 0.451. The summed E-state index contributed by atoms with van der Waals surface area (Å²) >= 11 is 0. The first-order chi connectivity index (χ1) is 8.10. The zero-order valence-corrected chi connectivity index (χ0v) is 11.0. The highest BCUT2D eigenvalue weighted by atomic mass is 16.5. The molecule has 0 aromatic carbocycles. The summed E-state index contributed by atoms with van der Waals surface area (Å²) in [7, 11) is 3.20. The van der Waals surface area contributed by atoms with Gasteiger partial charge in [0.25, 0.3) is 0 Å². The molecule has 0 saturated heterocycles. The Morgan fingerprint density at radius 2 is 1.88 bits per heavy atom. The Balaban J connectivity index is 3.53. The zero-order valence-electron chi connectivity index (χ0n) is 11.0. The molecule has 17 heavy (non-hydrogen) atoms. The lowest BCUT2D eigenvalue weighted by molar-refractivity contribution is -0.144. The highest BCUT2D eigenvalue weighted by molar-refractivity contribution is 5.71. The second kappa shape index (κ2) is 10.1. The van der Waals surface area contributed by atoms with Crippen LogP contribution >= 0.6 is 0 Å². The highest BCUT2D eigenvalue weighted by Crippen LogP contribution is 1.96. The predicted molar refractivity (Wildman–Crippen MR) is 64.6 cm³/mol. The molecule has 0 fully saturated rings. The number of hydrogen-bond donors (Lipinski definition) is 0. The molecule has 0 bridgehead atoms. The van der Waals surface area contributed by atoms with E-state index in [2.05, 4.69) is 4.74 Å². The molecule has 0 amide bonds. The Bertz CT molecular complexity index is 231. The zero-order chi connectivity index (χ0) is 13.1. The lowest BCUT2D eigenvalue weighted by Gasteiger charge is -2.15. The lowest BCUT2D eigenvalue weighted by Crippen LogP contribution is -2.28. The first-order valence-corrected chi connectivity index (χ1v) is 6.01. The lowest BCUT2D eigenvalue weighted by atomic mass is 10.3. The normalized spacial score (nSPS) is 10.4. The van der Waals surface area contributed by atoms with Gasteiger partial charge in [-0.05, 0) is 26.4 Å². The van der Waals surface area contributed by atoms with Crippen molar-refractivity contribution in [2.45, 2.75) is 32.6 Å². The number of nitrogens with zero attached hydrogens (tertiary/aromatic N) is 1. The van der Waals surface area contributed by atoms with Gasteiger partial charge in [0.1, 0.15) is 0 Å². The smallest absolute Gasteiger partial charge is 0.320 e. The van der Waals surface area contributed by atoms with Crippen molar-refractivity contribution in [3.8, 4) is 0 Å². The Labute approximate surface area is 103 Å². The number of likely N-dealkylation sites (N-methyl/N-ethyl adjacent to an activating group) is 1. The van der Waals surface area contributed by atoms with Crippen LogP contribution in [0.15, 0.2) is 0 Å². The van der Waals surface area contributed by atoms with E-state index < -0.39 is 0 Å². The van der Waals surface area contributed by atoms with Crippen LogP contribution in [0.2, 0.25) is 0 Å². The molecule has 5 nitrogen and oxygen atoms in total. The molecule has 0 aromatic heterocycles. The Morgan fingerprint density at radius 3 is 2.47 bits per heavy atom. The Kier molecular flexibility index (Phi) is 9.43. The molecule has 0 heterocycles. The minimum atomic E-state index is -0.219. The van der Waals surface area contributed by atoms with E-state index in [1.807, 2.05) is 18.9 Å². The fraction of sp³-hybridized carbons (Fsp3) is 0.833. The first-order valence-electron chi connectivity index (χ1n) is 6.01. The van der Waals surface area contributed by atoms with Gasteiger partial charge in [0, 0.05) is 6.42 Å². The monoisotopic (exact) mass is 245 g/mol. The van der Waals surface area contributed by atoms with E-state index in [9.17, 15) is 9.59 Å². The van der Waals surface area contributed by atoms with Gasteiger partial charge in [-0.15, -0.1) is 0 Å². The van der Waals surface area contributed by atoms with E-state index in [0.29, 0.717) is 26.0 Å². The van der Waals surface area contributed by atoms with Crippen LogP contribution in [0.3, 0.4) is 0 Å². The topological polar surface area (TPSA) is 55.8 Å². The summed E-state index contributed by atoms with van der Waals surface area (Å²) in [5, 5.41) is 0. The third-order valence-corrected chi connectivity index (χ3v) is 2.31. The molecule has 0 aliphatic heterocycles. The van der Waals surface area contributed by atoms with Gasteiger partial charge in [0.15, 0.2) is 0 Å². The number of carbonyl (C=O) groups is 2. The molecule has 0 saturated carbocycles. The second-order valence-electron chi connectivity index (χ2n) is 3.99. The Morgan fingerprint density at radius 1 is 1.18 bits per heavy atom. The van der Waals surface area contributed by atoms with E-state index in [1.165, 1.54) is 7.11 Å². The van der Waals surface area contributed by atoms with Crippen molar-refractivity contribution in [2.24, 2.45) is 0 Å². The Hall–Kier alpha value is -1.10. The van der Waals surface area contributed by atoms with Gasteiger partial charge in [-0.25, -0.2) is 0 Å². The van der Waals surface area contributed by atoms with Gasteiger partial charge < -0.3 is 9.47 Å². The van der Waals surface area contributed by atoms with E-state index in [1.54, 1.807) is 0 Å². The standard InChI is InChI=1S/C12H23NO4/c1-4-5-9-17-12(15)10-13(2)8-6-7-11(14)16-3/h4-10H2,1-3H3. The molecular weight excluding hydrogens is 222 g/mol. The first kappa shape index (κ1) is 15.9. The van der Waals surface area contributed by atoms with E-state index in [4.69, 9.17) is 4.74 Å². The molecule has 0 rings (SSSR count). The summed E-state index contributed by atoms with van der Waals surface area (Å²) in [6, 6.07) is 0. The van der Waals surface area contributed by atoms with Crippen molar-refractivity contribution in [1.82, 2.24) is 4.90 Å². The largest absolute Gasteiger partial charge is 0.469 e. The number of ether oxygens (including phenoxy) is 2. The minimum absolute atomic E-state index is 0.209. The highest BCUT2D eigenvalue weighted by Gasteiger charge is 2.08. The van der Waals surface area contributed by atoms with E-state index in [-0.39, 0.29) is 18.5 Å². The van der Waals surface area contributed by atoms with Gasteiger partial charge in [0.2, 0.25) is 0 Å². The van der Waals surface area contributed by atoms with Crippen LogP contribution in [-0.2, 0) is 19.1 Å². The fourth-order valence-corrected chi connectivity index (χ4v) is 1.27. The van der Waals surface area contributed by atoms with Crippen molar-refractivity contribution in [3.05, 3.63) is 0 Å². The molecule has 0 unspecified atom stereocenters. The molecular formula is C12H23NO4. The molecule has 0 atom stereocenters. The summed E-state index contributed by atoms with van der Waals surface area (Å²) < 4.78 is 9.56. The molecule has 0 aliphatic rings. The number of methoxy groups -OCH3 is 1. The summed E-state index contributed by atoms with van der Waals surface area (Å²) in [5.41, 5.74) is 0. The van der Waals surface area contributed by atoms with Gasteiger partial charge in [-0.1, -0.05) is 13.3 Å². The van der Waals surface area contributed by atoms with Crippen molar-refractivity contribution in [3.63, 3.8) is 0 Å². The second-order valence-corrected chi connectivity index (χ2v) is 3.99. The average molecular weight is 245 g/mol. The van der Waals surface area contributed by atoms with Crippen molar-refractivity contribution < 1.29 is 19.1 Å². The van der Waals surface area contributed by atoms with Crippen LogP contribution in [0.25, 0.3) is 0 Å². The van der Waals surface area contributed by atoms with Crippen LogP contribution in [0.4, 0.5) is 0 Å². The van der Waals surface area contributed by atoms with E-state index in [0.717, 1.165) is 12.8 Å². The minimum Gasteiger partial charge on any atom is -0.469 e. The summed E-state index contributed by atoms with van der Waals surface area (Å²) in [6.45, 7) is 3.49. The van der Waals surface area contributed by atoms with Crippen LogP contribution in [-0.4, -0.2) is 50.7 Å². The molecule has 0 radical (unpaired) electrons. The number of esters is 2. The van der Waals surface area contributed by atoms with Crippen molar-refractivity contribution in [2.75, 3.05) is 33.9 Å². The molecule has 0 aliphatic carbocycles. The molecule has 5 heteroatoms. The molecule has 0 aromatic rings. The maximum Gasteiger partial charge on any atom is 0.320 e. The maximum absolute atomic E-state index is 11.3. The average Bonchev–Trinajstić information content (AvgIpc) is 2.29. The van der Waals surface area contributed by atoms with Gasteiger partial charge in [-0.2, -0.15) is 0 Å². The fourth-order valence-electron chi connectivity index (χ4n) is 1.27. The number of unbranched alkanes of at least 4 members (excludes halogenated alkanes) is 1. The van der Waals surface area contributed by atoms with Gasteiger partial charge in [0.05, 0.1) is 20.3 Å². The predicted octanol–water partition coefficient (Wildman–Crippen LogP) is 1.21. The molecule has 0 spiro atoms. The van der Waals surface area contributed by atoms with E-state index >= 15 is 0 Å². The van der Waals surface area contributed by atoms with Crippen molar-refractivity contribution in [1.29, 1.82) is 0 Å². The number of carbonyl (C=O) groups excluding carboxylic acids is 2. The third-order valence-electron chi connectivity index (χ3n) is 2.31. The summed E-state index contributed by atoms with van der Waals surface area (Å²) in [4.78, 5) is 24.0. The maximum atomic E-state index is 11.3. The number of hydrogen-bond acceptors (Lipinski definition) is 5. The number of rotatable bonds is 9. The van der Waals surface area contributed by atoms with Crippen LogP contribution in [0.5, 0.6) is 0 Å². The van der Waals surface area contributed by atoms with Crippen LogP contribution < -0.4 is 0 Å². The van der Waals surface area contributed by atoms with Gasteiger partial charge >= 0.3 is 11.9 Å². The SMILES string of the molecule is CCCCOC(=O)CN(C)CCCC(=O)OC. The van der Waals surface area contributed by atoms with Crippen LogP contribution in [0.1, 0.15) is 32.6 Å². The van der Waals surface area contributed by atoms with Crippen molar-refractivity contribution >= 4 is 11.9 Å². The third kappa shape index (κ3) is 9.81. The molecule has 100 valence electrons. The summed E-state index contributed by atoms with van der Waals surface area (Å²) in [5.74, 6) is -0.428. The van der Waals surface area contributed by atoms with Crippen LogP contribution in [0, 0.1) is 0 Å².